The molecule has 1 saturated heterocycles. The molecule has 1 N–H and O–H groups in total. The van der Waals surface area contributed by atoms with Gasteiger partial charge in [0.15, 0.2) is 5.11 Å². The van der Waals surface area contributed by atoms with Gasteiger partial charge in [-0.15, -0.1) is 11.3 Å². The summed E-state index contributed by atoms with van der Waals surface area (Å²) in [7, 11) is 0. The quantitative estimate of drug-likeness (QED) is 0.317. The van der Waals surface area contributed by atoms with Gasteiger partial charge in [-0.2, -0.15) is 0 Å². The molecule has 2 heterocycles. The Hall–Kier alpha value is -3.00. The van der Waals surface area contributed by atoms with Gasteiger partial charge in [0, 0.05) is 43.2 Å². The number of anilines is 1. The molecule has 1 fully saturated rings. The lowest BCUT2D eigenvalue weighted by Crippen LogP contribution is -2.49. The number of rotatable bonds is 7. The summed E-state index contributed by atoms with van der Waals surface area (Å²) in [5, 5.41) is 4.77. The summed E-state index contributed by atoms with van der Waals surface area (Å²) < 4.78 is 5.41. The zero-order chi connectivity index (χ0) is 24.6. The van der Waals surface area contributed by atoms with E-state index < -0.39 is 0 Å². The molecule has 35 heavy (non-hydrogen) atoms. The van der Waals surface area contributed by atoms with Gasteiger partial charge in [-0.1, -0.05) is 72.8 Å². The van der Waals surface area contributed by atoms with Gasteiger partial charge in [-0.05, 0) is 37.2 Å². The first kappa shape index (κ1) is 25.1. The number of thiophene rings is 1. The topological polar surface area (TPSA) is 44.8 Å². The first-order valence-corrected chi connectivity index (χ1v) is 13.1. The zero-order valence-electron chi connectivity index (χ0n) is 20.2. The van der Waals surface area contributed by atoms with E-state index >= 15 is 0 Å². The second-order valence-corrected chi connectivity index (χ2v) is 9.97. The minimum atomic E-state index is -0.323. The number of hydrogen-bond donors (Lipinski definition) is 1. The normalized spacial score (nSPS) is 14.3. The summed E-state index contributed by atoms with van der Waals surface area (Å²) in [4.78, 5) is 18.6. The Bertz CT molecular complexity index is 1170. The van der Waals surface area contributed by atoms with Crippen LogP contribution in [0.4, 0.5) is 5.00 Å². The molecule has 7 heteroatoms. The lowest BCUT2D eigenvalue weighted by Gasteiger charge is -2.35. The largest absolute Gasteiger partial charge is 0.462 e. The van der Waals surface area contributed by atoms with Gasteiger partial charge < -0.3 is 15.0 Å². The van der Waals surface area contributed by atoms with Crippen molar-refractivity contribution in [3.63, 3.8) is 0 Å². The average molecular weight is 506 g/mol. The number of hydrogen-bond acceptors (Lipinski definition) is 5. The molecular formula is C28H31N3O2S2. The molecule has 1 aliphatic rings. The molecule has 0 spiro atoms. The van der Waals surface area contributed by atoms with Crippen molar-refractivity contribution in [3.8, 4) is 11.1 Å². The second-order valence-electron chi connectivity index (χ2n) is 8.35. The highest BCUT2D eigenvalue weighted by Gasteiger charge is 2.26. The number of ether oxygens (including phenoxy) is 1. The van der Waals surface area contributed by atoms with Gasteiger partial charge in [0.1, 0.15) is 10.6 Å². The van der Waals surface area contributed by atoms with Gasteiger partial charge in [-0.25, -0.2) is 4.79 Å². The number of benzene rings is 2. The van der Waals surface area contributed by atoms with E-state index in [0.717, 1.165) is 53.7 Å². The first-order chi connectivity index (χ1) is 17.1. The molecule has 0 aliphatic carbocycles. The Labute approximate surface area is 217 Å². The molecule has 5 nitrogen and oxygen atoms in total. The van der Waals surface area contributed by atoms with Crippen LogP contribution in [-0.2, 0) is 4.74 Å². The number of carbonyl (C=O) groups is 1. The third-order valence-electron chi connectivity index (χ3n) is 5.98. The van der Waals surface area contributed by atoms with Crippen LogP contribution >= 0.6 is 23.6 Å². The predicted octanol–water partition coefficient (Wildman–Crippen LogP) is 5.93. The molecule has 3 aromatic rings. The minimum Gasteiger partial charge on any atom is -0.462 e. The minimum absolute atomic E-state index is 0.323. The second kappa shape index (κ2) is 12.1. The molecule has 0 bridgehead atoms. The number of esters is 1. The molecule has 0 atom stereocenters. The molecule has 0 unspecified atom stereocenters. The van der Waals surface area contributed by atoms with E-state index in [2.05, 4.69) is 51.5 Å². The van der Waals surface area contributed by atoms with Crippen molar-refractivity contribution in [2.24, 2.45) is 0 Å². The van der Waals surface area contributed by atoms with Gasteiger partial charge >= 0.3 is 5.97 Å². The van der Waals surface area contributed by atoms with Crippen LogP contribution in [-0.4, -0.2) is 60.2 Å². The van der Waals surface area contributed by atoms with Crippen LogP contribution in [0.3, 0.4) is 0 Å². The molecule has 1 aliphatic heterocycles. The average Bonchev–Trinajstić information content (AvgIpc) is 3.21. The lowest BCUT2D eigenvalue weighted by molar-refractivity contribution is 0.0529. The lowest BCUT2D eigenvalue weighted by atomic mass is 10.0. The van der Waals surface area contributed by atoms with Crippen LogP contribution in [0.1, 0.15) is 27.7 Å². The van der Waals surface area contributed by atoms with Crippen LogP contribution in [0.2, 0.25) is 0 Å². The van der Waals surface area contributed by atoms with E-state index in [1.54, 1.807) is 11.3 Å². The summed E-state index contributed by atoms with van der Waals surface area (Å²) in [6.45, 7) is 8.66. The van der Waals surface area contributed by atoms with Crippen molar-refractivity contribution in [2.75, 3.05) is 44.6 Å². The molecule has 4 rings (SSSR count). The molecule has 1 aromatic heterocycles. The van der Waals surface area contributed by atoms with Gasteiger partial charge in [0.05, 0.1) is 6.61 Å². The molecular weight excluding hydrogens is 474 g/mol. The van der Waals surface area contributed by atoms with Crippen molar-refractivity contribution in [3.05, 3.63) is 82.7 Å². The van der Waals surface area contributed by atoms with Crippen LogP contribution in [0.25, 0.3) is 17.2 Å². The summed E-state index contributed by atoms with van der Waals surface area (Å²) >= 11 is 7.31. The highest BCUT2D eigenvalue weighted by atomic mass is 32.1. The monoisotopic (exact) mass is 505 g/mol. The zero-order valence-corrected chi connectivity index (χ0v) is 21.8. The fraction of sp³-hybridized carbons (Fsp3) is 0.286. The Balaban J connectivity index is 1.41. The van der Waals surface area contributed by atoms with Crippen LogP contribution in [0.15, 0.2) is 66.7 Å². The standard InChI is InChI=1S/C28H31N3O2S2/c1-3-33-27(32)25-24(23-14-8-5-9-15-23)21(2)35-26(25)29-28(34)31-19-17-30(18-20-31)16-10-13-22-11-6-4-7-12-22/h4-15H,3,16-20H2,1-2H3,(H,29,34)/b13-10+. The SMILES string of the molecule is CCOC(=O)c1c(NC(=S)N2CCN(C/C=C/c3ccccc3)CC2)sc(C)c1-c1ccccc1. The van der Waals surface area contributed by atoms with Crippen LogP contribution in [0, 0.1) is 6.92 Å². The van der Waals surface area contributed by atoms with Gasteiger partial charge in [0.25, 0.3) is 0 Å². The maximum absolute atomic E-state index is 13.0. The van der Waals surface area contributed by atoms with E-state index in [0.29, 0.717) is 17.3 Å². The summed E-state index contributed by atoms with van der Waals surface area (Å²) in [6, 6.07) is 20.3. The van der Waals surface area contributed by atoms with E-state index in [4.69, 9.17) is 17.0 Å². The third kappa shape index (κ3) is 6.36. The van der Waals surface area contributed by atoms with Crippen molar-refractivity contribution in [1.82, 2.24) is 9.80 Å². The van der Waals surface area contributed by atoms with Crippen LogP contribution < -0.4 is 5.32 Å². The maximum Gasteiger partial charge on any atom is 0.341 e. The summed E-state index contributed by atoms with van der Waals surface area (Å²) in [5.41, 5.74) is 3.69. The number of thiocarbonyl (C=S) groups is 1. The summed E-state index contributed by atoms with van der Waals surface area (Å²) in [5.74, 6) is -0.323. The molecule has 182 valence electrons. The first-order valence-electron chi connectivity index (χ1n) is 11.9. The van der Waals surface area contributed by atoms with Crippen molar-refractivity contribution in [2.45, 2.75) is 13.8 Å². The van der Waals surface area contributed by atoms with E-state index in [-0.39, 0.29) is 5.97 Å². The number of carbonyl (C=O) groups excluding carboxylic acids is 1. The Morgan fingerprint density at radius 2 is 1.71 bits per heavy atom. The summed E-state index contributed by atoms with van der Waals surface area (Å²) in [6.07, 6.45) is 4.38. The Morgan fingerprint density at radius 3 is 2.37 bits per heavy atom. The fourth-order valence-electron chi connectivity index (χ4n) is 4.19. The van der Waals surface area contributed by atoms with Crippen LogP contribution in [0.5, 0.6) is 0 Å². The van der Waals surface area contributed by atoms with Crippen molar-refractivity contribution < 1.29 is 9.53 Å². The smallest absolute Gasteiger partial charge is 0.341 e. The Morgan fingerprint density at radius 1 is 1.06 bits per heavy atom. The van der Waals surface area contributed by atoms with Crippen molar-refractivity contribution >= 4 is 45.7 Å². The van der Waals surface area contributed by atoms with E-state index in [1.807, 2.05) is 50.2 Å². The number of aryl methyl sites for hydroxylation is 1. The predicted molar refractivity (Wildman–Crippen MR) is 150 cm³/mol. The maximum atomic E-state index is 13.0. The molecule has 0 saturated carbocycles. The Kier molecular flexibility index (Phi) is 8.69. The van der Waals surface area contributed by atoms with E-state index in [9.17, 15) is 4.79 Å². The number of piperazine rings is 1. The highest BCUT2D eigenvalue weighted by Crippen LogP contribution is 2.40. The third-order valence-corrected chi connectivity index (χ3v) is 7.36. The van der Waals surface area contributed by atoms with Gasteiger partial charge in [-0.3, -0.25) is 4.90 Å². The fourth-order valence-corrected chi connectivity index (χ4v) is 5.61. The van der Waals surface area contributed by atoms with Crippen molar-refractivity contribution in [1.29, 1.82) is 0 Å². The molecule has 0 radical (unpaired) electrons. The van der Waals surface area contributed by atoms with Gasteiger partial charge in [0.2, 0.25) is 0 Å². The molecule has 2 aromatic carbocycles. The van der Waals surface area contributed by atoms with E-state index in [1.165, 1.54) is 5.56 Å². The highest BCUT2D eigenvalue weighted by molar-refractivity contribution is 7.80. The number of nitrogens with zero attached hydrogens (tertiary/aromatic N) is 2. The number of nitrogens with one attached hydrogen (secondary N) is 1. The molecule has 0 amide bonds.